The lowest BCUT2D eigenvalue weighted by atomic mass is 10.1. The van der Waals surface area contributed by atoms with Gasteiger partial charge >= 0.3 is 5.97 Å². The lowest BCUT2D eigenvalue weighted by Gasteiger charge is -2.12. The number of rotatable bonds is 5. The molecule has 0 aliphatic rings. The lowest BCUT2D eigenvalue weighted by molar-refractivity contribution is 0.0696. The summed E-state index contributed by atoms with van der Waals surface area (Å²) in [5.74, 6) is -1.00. The first kappa shape index (κ1) is 20.5. The molecule has 0 spiro atoms. The summed E-state index contributed by atoms with van der Waals surface area (Å²) in [7, 11) is 0. The summed E-state index contributed by atoms with van der Waals surface area (Å²) in [5, 5.41) is 17.8. The molecule has 0 aliphatic carbocycles. The van der Waals surface area contributed by atoms with E-state index in [0.29, 0.717) is 22.6 Å². The predicted molar refractivity (Wildman–Crippen MR) is 122 cm³/mol. The molecule has 8 nitrogen and oxygen atoms in total. The number of fused-ring (bicyclic) bond motifs is 1. The van der Waals surface area contributed by atoms with E-state index in [9.17, 15) is 14.3 Å². The van der Waals surface area contributed by atoms with Gasteiger partial charge in [-0.1, -0.05) is 29.8 Å². The molecule has 0 saturated heterocycles. The number of carboxylic acid groups (broad SMARTS) is 1. The first-order valence-corrected chi connectivity index (χ1v) is 10.1. The first-order valence-electron chi connectivity index (χ1n) is 9.70. The smallest absolute Gasteiger partial charge is 0.337 e. The van der Waals surface area contributed by atoms with Crippen LogP contribution in [-0.2, 0) is 0 Å². The molecule has 5 rings (SSSR count). The molecule has 0 fully saturated rings. The molecule has 0 atom stereocenters. The van der Waals surface area contributed by atoms with E-state index in [1.54, 1.807) is 10.9 Å². The molecule has 5 aromatic rings. The fraction of sp³-hybridized carbons (Fsp3) is 0. The van der Waals surface area contributed by atoms with Crippen molar-refractivity contribution in [1.82, 2.24) is 24.7 Å². The minimum Gasteiger partial charge on any atom is -0.478 e. The van der Waals surface area contributed by atoms with Crippen LogP contribution in [0.1, 0.15) is 10.4 Å². The van der Waals surface area contributed by atoms with Crippen LogP contribution in [0.5, 0.6) is 0 Å². The van der Waals surface area contributed by atoms with E-state index in [0.717, 1.165) is 10.9 Å². The van der Waals surface area contributed by atoms with E-state index in [1.807, 2.05) is 30.5 Å². The number of nitrogens with one attached hydrogen (secondary N) is 1. The van der Waals surface area contributed by atoms with E-state index < -0.39 is 11.8 Å². The molecule has 33 heavy (non-hydrogen) atoms. The van der Waals surface area contributed by atoms with E-state index in [2.05, 4.69) is 25.4 Å². The van der Waals surface area contributed by atoms with Crippen molar-refractivity contribution in [3.63, 3.8) is 0 Å². The van der Waals surface area contributed by atoms with Crippen LogP contribution in [0.25, 0.3) is 27.8 Å². The van der Waals surface area contributed by atoms with Crippen LogP contribution in [0.15, 0.2) is 73.3 Å². The second-order valence-corrected chi connectivity index (χ2v) is 7.49. The van der Waals surface area contributed by atoms with Gasteiger partial charge in [-0.15, -0.1) is 0 Å². The largest absolute Gasteiger partial charge is 0.478 e. The Labute approximate surface area is 191 Å². The third kappa shape index (κ3) is 4.09. The molecule has 10 heteroatoms. The Morgan fingerprint density at radius 3 is 2.73 bits per heavy atom. The second-order valence-electron chi connectivity index (χ2n) is 7.08. The van der Waals surface area contributed by atoms with Gasteiger partial charge in [-0.2, -0.15) is 10.1 Å². The number of nitrogens with zero attached hydrogens (tertiary/aromatic N) is 5. The lowest BCUT2D eigenvalue weighted by Crippen LogP contribution is -2.06. The molecule has 3 aromatic heterocycles. The van der Waals surface area contributed by atoms with Crippen LogP contribution in [0.2, 0.25) is 5.02 Å². The Balaban J connectivity index is 1.64. The monoisotopic (exact) mass is 460 g/mol. The van der Waals surface area contributed by atoms with Gasteiger partial charge < -0.3 is 10.4 Å². The molecule has 2 N–H and O–H groups in total. The van der Waals surface area contributed by atoms with Gasteiger partial charge in [0.15, 0.2) is 5.82 Å². The maximum Gasteiger partial charge on any atom is 0.337 e. The molecule has 2 aromatic carbocycles. The number of hydrogen-bond acceptors (Lipinski definition) is 6. The number of aromatic nitrogens is 5. The fourth-order valence-electron chi connectivity index (χ4n) is 3.29. The van der Waals surface area contributed by atoms with E-state index in [-0.39, 0.29) is 16.5 Å². The molecular weight excluding hydrogens is 447 g/mol. The van der Waals surface area contributed by atoms with Crippen LogP contribution in [0.3, 0.4) is 0 Å². The molecule has 0 radical (unpaired) electrons. The Bertz CT molecular complexity index is 1490. The summed E-state index contributed by atoms with van der Waals surface area (Å²) in [4.78, 5) is 24.4. The molecule has 0 unspecified atom stereocenters. The van der Waals surface area contributed by atoms with Gasteiger partial charge in [0.25, 0.3) is 0 Å². The zero-order chi connectivity index (χ0) is 22.9. The summed E-state index contributed by atoms with van der Waals surface area (Å²) in [6.45, 7) is 0. The van der Waals surface area contributed by atoms with E-state index >= 15 is 0 Å². The van der Waals surface area contributed by atoms with E-state index in [1.165, 1.54) is 36.7 Å². The highest BCUT2D eigenvalue weighted by atomic mass is 35.5. The minimum absolute atomic E-state index is 0.0345. The van der Waals surface area contributed by atoms with Crippen molar-refractivity contribution >= 4 is 40.1 Å². The topological polar surface area (TPSA) is 106 Å². The standard InChI is InChI=1S/C23H14ClFN6O2/c24-18-8-16(5-6-19(18)25)28-23-27-11-17(14-7-15(22(32)33)10-26-9-14)21(29-23)31-12-13-3-1-2-4-20(13)30-31/h1-12H,(H,32,33)(H,27,28,29). The second kappa shape index (κ2) is 8.29. The maximum atomic E-state index is 13.5. The predicted octanol–water partition coefficient (Wildman–Crippen LogP) is 5.11. The summed E-state index contributed by atoms with van der Waals surface area (Å²) in [5.41, 5.74) is 2.34. The van der Waals surface area contributed by atoms with Gasteiger partial charge in [0, 0.05) is 47.0 Å². The van der Waals surface area contributed by atoms with Crippen molar-refractivity contribution in [2.75, 3.05) is 5.32 Å². The summed E-state index contributed by atoms with van der Waals surface area (Å²) in [6, 6.07) is 13.3. The highest BCUT2D eigenvalue weighted by molar-refractivity contribution is 6.31. The number of anilines is 2. The average molecular weight is 461 g/mol. The average Bonchev–Trinajstić information content (AvgIpc) is 3.26. The van der Waals surface area contributed by atoms with Crippen LogP contribution in [-0.4, -0.2) is 35.8 Å². The molecule has 0 saturated carbocycles. The summed E-state index contributed by atoms with van der Waals surface area (Å²) in [6.07, 6.45) is 6.16. The van der Waals surface area contributed by atoms with Crippen LogP contribution in [0, 0.1) is 5.82 Å². The third-order valence-corrected chi connectivity index (χ3v) is 5.16. The van der Waals surface area contributed by atoms with Crippen LogP contribution >= 0.6 is 11.6 Å². The molecule has 0 aliphatic heterocycles. The zero-order valence-corrected chi connectivity index (χ0v) is 17.5. The number of pyridine rings is 1. The highest BCUT2D eigenvalue weighted by Crippen LogP contribution is 2.28. The Morgan fingerprint density at radius 2 is 1.94 bits per heavy atom. The molecule has 162 valence electrons. The maximum absolute atomic E-state index is 13.5. The van der Waals surface area contributed by atoms with Gasteiger partial charge in [0.1, 0.15) is 5.82 Å². The van der Waals surface area contributed by atoms with Gasteiger partial charge in [0.05, 0.1) is 16.1 Å². The van der Waals surface area contributed by atoms with Gasteiger partial charge in [-0.3, -0.25) is 4.98 Å². The van der Waals surface area contributed by atoms with Gasteiger partial charge in [0.2, 0.25) is 5.95 Å². The highest BCUT2D eigenvalue weighted by Gasteiger charge is 2.16. The summed E-state index contributed by atoms with van der Waals surface area (Å²) < 4.78 is 15.1. The Morgan fingerprint density at radius 1 is 1.09 bits per heavy atom. The van der Waals surface area contributed by atoms with Crippen molar-refractivity contribution in [2.24, 2.45) is 0 Å². The molecule has 0 bridgehead atoms. The zero-order valence-electron chi connectivity index (χ0n) is 16.8. The van der Waals surface area contributed by atoms with Crippen molar-refractivity contribution in [1.29, 1.82) is 0 Å². The first-order chi connectivity index (χ1) is 16.0. The minimum atomic E-state index is -1.09. The Hall–Kier alpha value is -4.37. The summed E-state index contributed by atoms with van der Waals surface area (Å²) >= 11 is 5.87. The number of carbonyl (C=O) groups is 1. The quantitative estimate of drug-likeness (QED) is 0.375. The normalized spacial score (nSPS) is 11.0. The molecule has 3 heterocycles. The van der Waals surface area contributed by atoms with Crippen molar-refractivity contribution in [3.05, 3.63) is 89.7 Å². The Kier molecular flexibility index (Phi) is 5.15. The van der Waals surface area contributed by atoms with E-state index in [4.69, 9.17) is 11.6 Å². The van der Waals surface area contributed by atoms with Crippen LogP contribution < -0.4 is 5.32 Å². The van der Waals surface area contributed by atoms with Crippen molar-refractivity contribution < 1.29 is 14.3 Å². The number of carboxylic acids is 1. The van der Waals surface area contributed by atoms with Crippen molar-refractivity contribution in [3.8, 4) is 16.9 Å². The number of aromatic carboxylic acids is 1. The van der Waals surface area contributed by atoms with Crippen molar-refractivity contribution in [2.45, 2.75) is 0 Å². The number of hydrogen-bond donors (Lipinski definition) is 2. The van der Waals surface area contributed by atoms with Gasteiger partial charge in [-0.25, -0.2) is 18.9 Å². The molecule has 0 amide bonds. The van der Waals surface area contributed by atoms with Crippen LogP contribution in [0.4, 0.5) is 16.0 Å². The molecular formula is C23H14ClFN6O2. The fourth-order valence-corrected chi connectivity index (χ4v) is 3.47. The SMILES string of the molecule is O=C(O)c1cncc(-c2cnc(Nc3ccc(F)c(Cl)c3)nc2-n2cc3ccccc3n2)c1. The van der Waals surface area contributed by atoms with Gasteiger partial charge in [-0.05, 0) is 30.3 Å². The third-order valence-electron chi connectivity index (χ3n) is 4.87. The number of benzene rings is 2. The number of halogens is 2.